The molecular weight excluding hydrogens is 276 g/mol. The van der Waals surface area contributed by atoms with Crippen molar-refractivity contribution < 1.29 is 13.2 Å². The Morgan fingerprint density at radius 1 is 1.56 bits per heavy atom. The third-order valence-corrected chi connectivity index (χ3v) is 4.12. The number of amides is 1. The zero-order valence-corrected chi connectivity index (χ0v) is 12.2. The SMILES string of the molecule is CCC(C)CNC(=O)c1cc(S(=O)(=O)Cl)cn1C. The maximum Gasteiger partial charge on any atom is 0.267 e. The number of carbonyl (C=O) groups is 1. The third-order valence-electron chi connectivity index (χ3n) is 2.80. The van der Waals surface area contributed by atoms with Crippen LogP contribution in [0.2, 0.25) is 0 Å². The molecule has 0 aliphatic heterocycles. The van der Waals surface area contributed by atoms with Gasteiger partial charge in [0.2, 0.25) is 0 Å². The van der Waals surface area contributed by atoms with Crippen LogP contribution in [-0.2, 0) is 16.1 Å². The zero-order valence-electron chi connectivity index (χ0n) is 10.6. The number of nitrogens with zero attached hydrogens (tertiary/aromatic N) is 1. The number of aryl methyl sites for hydroxylation is 1. The van der Waals surface area contributed by atoms with Crippen LogP contribution in [0.5, 0.6) is 0 Å². The normalized spacial score (nSPS) is 13.3. The fourth-order valence-corrected chi connectivity index (χ4v) is 2.18. The van der Waals surface area contributed by atoms with E-state index in [1.807, 2.05) is 13.8 Å². The quantitative estimate of drug-likeness (QED) is 0.840. The van der Waals surface area contributed by atoms with Crippen LogP contribution in [0, 0.1) is 5.92 Å². The first-order valence-electron chi connectivity index (χ1n) is 5.65. The first kappa shape index (κ1) is 15.0. The minimum Gasteiger partial charge on any atom is -0.350 e. The summed E-state index contributed by atoms with van der Waals surface area (Å²) in [6, 6.07) is 1.27. The molecule has 18 heavy (non-hydrogen) atoms. The molecule has 1 N–H and O–H groups in total. The van der Waals surface area contributed by atoms with Gasteiger partial charge in [0.1, 0.15) is 10.6 Å². The molecule has 1 aromatic rings. The van der Waals surface area contributed by atoms with Gasteiger partial charge < -0.3 is 9.88 Å². The smallest absolute Gasteiger partial charge is 0.267 e. The molecule has 5 nitrogen and oxygen atoms in total. The van der Waals surface area contributed by atoms with E-state index in [2.05, 4.69) is 5.32 Å². The van der Waals surface area contributed by atoms with Gasteiger partial charge in [-0.05, 0) is 12.0 Å². The van der Waals surface area contributed by atoms with Crippen LogP contribution in [0.25, 0.3) is 0 Å². The summed E-state index contributed by atoms with van der Waals surface area (Å²) in [4.78, 5) is 11.8. The van der Waals surface area contributed by atoms with Crippen LogP contribution in [0.1, 0.15) is 30.8 Å². The minimum atomic E-state index is -3.80. The van der Waals surface area contributed by atoms with E-state index in [1.165, 1.54) is 16.8 Å². The third kappa shape index (κ3) is 3.74. The van der Waals surface area contributed by atoms with Gasteiger partial charge in [0, 0.05) is 30.5 Å². The lowest BCUT2D eigenvalue weighted by atomic mass is 10.1. The Morgan fingerprint density at radius 3 is 2.61 bits per heavy atom. The van der Waals surface area contributed by atoms with E-state index < -0.39 is 9.05 Å². The maximum atomic E-state index is 11.9. The van der Waals surface area contributed by atoms with Crippen molar-refractivity contribution in [1.82, 2.24) is 9.88 Å². The average molecular weight is 293 g/mol. The second kappa shape index (κ2) is 5.75. The van der Waals surface area contributed by atoms with Crippen LogP contribution >= 0.6 is 10.7 Å². The number of aromatic nitrogens is 1. The summed E-state index contributed by atoms with van der Waals surface area (Å²) in [6.45, 7) is 4.63. The molecule has 1 rings (SSSR count). The number of nitrogens with one attached hydrogen (secondary N) is 1. The highest BCUT2D eigenvalue weighted by Gasteiger charge is 2.18. The molecule has 0 saturated carbocycles. The molecule has 0 aliphatic carbocycles. The highest BCUT2D eigenvalue weighted by atomic mass is 35.7. The molecule has 1 atom stereocenters. The van der Waals surface area contributed by atoms with Crippen molar-refractivity contribution in [2.24, 2.45) is 13.0 Å². The average Bonchev–Trinajstić information content (AvgIpc) is 2.67. The fourth-order valence-electron chi connectivity index (χ4n) is 1.40. The van der Waals surface area contributed by atoms with Crippen molar-refractivity contribution in [1.29, 1.82) is 0 Å². The number of hydrogen-bond acceptors (Lipinski definition) is 3. The van der Waals surface area contributed by atoms with E-state index >= 15 is 0 Å². The Balaban J connectivity index is 2.84. The summed E-state index contributed by atoms with van der Waals surface area (Å²) in [5, 5.41) is 2.76. The molecule has 0 saturated heterocycles. The Labute approximate surface area is 112 Å². The van der Waals surface area contributed by atoms with Gasteiger partial charge in [-0.15, -0.1) is 0 Å². The molecule has 0 radical (unpaired) electrons. The van der Waals surface area contributed by atoms with Gasteiger partial charge in [0.25, 0.3) is 15.0 Å². The Morgan fingerprint density at radius 2 is 2.17 bits per heavy atom. The fraction of sp³-hybridized carbons (Fsp3) is 0.545. The monoisotopic (exact) mass is 292 g/mol. The molecule has 0 spiro atoms. The summed E-state index contributed by atoms with van der Waals surface area (Å²) < 4.78 is 23.8. The highest BCUT2D eigenvalue weighted by molar-refractivity contribution is 8.13. The number of hydrogen-bond donors (Lipinski definition) is 1. The largest absolute Gasteiger partial charge is 0.350 e. The molecule has 7 heteroatoms. The van der Waals surface area contributed by atoms with E-state index in [4.69, 9.17) is 10.7 Å². The lowest BCUT2D eigenvalue weighted by molar-refractivity contribution is 0.0939. The van der Waals surface area contributed by atoms with Crippen molar-refractivity contribution in [3.8, 4) is 0 Å². The Kier molecular flexibility index (Phi) is 4.81. The van der Waals surface area contributed by atoms with Crippen LogP contribution in [0.15, 0.2) is 17.2 Å². The van der Waals surface area contributed by atoms with E-state index in [1.54, 1.807) is 7.05 Å². The minimum absolute atomic E-state index is 0.0691. The van der Waals surface area contributed by atoms with E-state index in [0.717, 1.165) is 6.42 Å². The van der Waals surface area contributed by atoms with E-state index in [0.29, 0.717) is 12.5 Å². The molecule has 1 amide bonds. The molecule has 0 aliphatic rings. The summed E-state index contributed by atoms with van der Waals surface area (Å²) >= 11 is 0. The topological polar surface area (TPSA) is 68.2 Å². The van der Waals surface area contributed by atoms with Crippen molar-refractivity contribution in [2.75, 3.05) is 6.54 Å². The van der Waals surface area contributed by atoms with Crippen LogP contribution < -0.4 is 5.32 Å². The van der Waals surface area contributed by atoms with Gasteiger partial charge in [0.05, 0.1) is 0 Å². The standard InChI is InChI=1S/C11H17ClN2O3S/c1-4-8(2)6-13-11(15)10-5-9(7-14(10)3)18(12,16)17/h5,7-8H,4,6H2,1-3H3,(H,13,15). The lowest BCUT2D eigenvalue weighted by Crippen LogP contribution is -2.29. The Bertz CT molecular complexity index is 536. The summed E-state index contributed by atoms with van der Waals surface area (Å²) in [5.74, 6) is 0.0785. The van der Waals surface area contributed by atoms with Gasteiger partial charge in [-0.2, -0.15) is 0 Å². The Hall–Kier alpha value is -1.01. The van der Waals surface area contributed by atoms with E-state index in [-0.39, 0.29) is 16.5 Å². The predicted molar refractivity (Wildman–Crippen MR) is 70.2 cm³/mol. The van der Waals surface area contributed by atoms with Crippen molar-refractivity contribution in [3.05, 3.63) is 18.0 Å². The molecule has 0 aromatic carbocycles. The van der Waals surface area contributed by atoms with Gasteiger partial charge in [-0.3, -0.25) is 4.79 Å². The van der Waals surface area contributed by atoms with Gasteiger partial charge in [-0.1, -0.05) is 20.3 Å². The first-order chi connectivity index (χ1) is 8.25. The summed E-state index contributed by atoms with van der Waals surface area (Å²) in [5.41, 5.74) is 0.275. The van der Waals surface area contributed by atoms with Crippen LogP contribution in [0.4, 0.5) is 0 Å². The summed E-state index contributed by atoms with van der Waals surface area (Å²) in [7, 11) is 3.02. The molecule has 0 fully saturated rings. The second-order valence-electron chi connectivity index (χ2n) is 4.33. The van der Waals surface area contributed by atoms with Gasteiger partial charge >= 0.3 is 0 Å². The predicted octanol–water partition coefficient (Wildman–Crippen LogP) is 1.73. The van der Waals surface area contributed by atoms with Gasteiger partial charge in [0.15, 0.2) is 0 Å². The van der Waals surface area contributed by atoms with Crippen molar-refractivity contribution in [3.63, 3.8) is 0 Å². The second-order valence-corrected chi connectivity index (χ2v) is 6.90. The molecule has 0 bridgehead atoms. The van der Waals surface area contributed by atoms with Crippen molar-refractivity contribution in [2.45, 2.75) is 25.2 Å². The zero-order chi connectivity index (χ0) is 13.9. The molecule has 1 heterocycles. The van der Waals surface area contributed by atoms with Crippen molar-refractivity contribution >= 4 is 25.6 Å². The molecule has 1 aromatic heterocycles. The van der Waals surface area contributed by atoms with Gasteiger partial charge in [-0.25, -0.2) is 8.42 Å². The number of halogens is 1. The number of rotatable bonds is 5. The van der Waals surface area contributed by atoms with E-state index in [9.17, 15) is 13.2 Å². The van der Waals surface area contributed by atoms with Crippen LogP contribution in [0.3, 0.4) is 0 Å². The lowest BCUT2D eigenvalue weighted by Gasteiger charge is -2.10. The first-order valence-corrected chi connectivity index (χ1v) is 7.95. The number of carbonyl (C=O) groups excluding carboxylic acids is 1. The molecule has 1 unspecified atom stereocenters. The maximum absolute atomic E-state index is 11.9. The molecule has 102 valence electrons. The molecular formula is C11H17ClN2O3S. The summed E-state index contributed by atoms with van der Waals surface area (Å²) in [6.07, 6.45) is 2.29. The highest BCUT2D eigenvalue weighted by Crippen LogP contribution is 2.17. The van der Waals surface area contributed by atoms with Crippen LogP contribution in [-0.4, -0.2) is 25.4 Å².